The van der Waals surface area contributed by atoms with E-state index in [1.165, 1.54) is 11.1 Å². The molecule has 4 heteroatoms. The number of rotatable bonds is 6. The molecule has 4 nitrogen and oxygen atoms in total. The minimum absolute atomic E-state index is 0.809. The van der Waals surface area contributed by atoms with Crippen molar-refractivity contribution >= 4 is 0 Å². The van der Waals surface area contributed by atoms with E-state index in [4.69, 9.17) is 0 Å². The Morgan fingerprint density at radius 1 is 0.783 bits per heavy atom. The highest BCUT2D eigenvalue weighted by Crippen LogP contribution is 2.09. The maximum Gasteiger partial charge on any atom is 0.0544 e. The second-order valence-electron chi connectivity index (χ2n) is 5.69. The number of nitrogens with zero attached hydrogens (tertiary/aromatic N) is 4. The fraction of sp³-hybridized carbons (Fsp3) is 0.211. The zero-order valence-corrected chi connectivity index (χ0v) is 13.3. The fourth-order valence-corrected chi connectivity index (χ4v) is 2.49. The van der Waals surface area contributed by atoms with Crippen LogP contribution in [0.15, 0.2) is 67.3 Å². The van der Waals surface area contributed by atoms with E-state index >= 15 is 0 Å². The van der Waals surface area contributed by atoms with Crippen molar-refractivity contribution in [3.63, 3.8) is 0 Å². The molecule has 0 bridgehead atoms. The lowest BCUT2D eigenvalue weighted by Gasteiger charge is -2.15. The predicted octanol–water partition coefficient (Wildman–Crippen LogP) is 3.09. The first kappa shape index (κ1) is 15.3. The average Bonchev–Trinajstić information content (AvgIpc) is 2.58. The van der Waals surface area contributed by atoms with Gasteiger partial charge < -0.3 is 0 Å². The Hall–Kier alpha value is -2.59. The molecule has 0 radical (unpaired) electrons. The van der Waals surface area contributed by atoms with Crippen molar-refractivity contribution in [3.05, 3.63) is 89.8 Å². The summed E-state index contributed by atoms with van der Waals surface area (Å²) < 4.78 is 0. The zero-order valence-electron chi connectivity index (χ0n) is 13.3. The summed E-state index contributed by atoms with van der Waals surface area (Å²) in [6.07, 6.45) is 8.34. The monoisotopic (exact) mass is 304 g/mol. The largest absolute Gasteiger partial charge is 0.295 e. The third-order valence-electron chi connectivity index (χ3n) is 3.61. The van der Waals surface area contributed by atoms with Crippen LogP contribution in [0.3, 0.4) is 0 Å². The first-order valence-electron chi connectivity index (χ1n) is 7.71. The van der Waals surface area contributed by atoms with E-state index in [-0.39, 0.29) is 0 Å². The molecule has 0 spiro atoms. The Labute approximate surface area is 136 Å². The number of hydrogen-bond donors (Lipinski definition) is 0. The smallest absolute Gasteiger partial charge is 0.0544 e. The van der Waals surface area contributed by atoms with E-state index in [0.29, 0.717) is 0 Å². The van der Waals surface area contributed by atoms with Crippen molar-refractivity contribution in [2.45, 2.75) is 19.5 Å². The van der Waals surface area contributed by atoms with Crippen LogP contribution in [0.2, 0.25) is 0 Å². The van der Waals surface area contributed by atoms with Crippen LogP contribution in [-0.4, -0.2) is 26.9 Å². The summed E-state index contributed by atoms with van der Waals surface area (Å²) in [5.74, 6) is 0. The van der Waals surface area contributed by atoms with Crippen LogP contribution in [0.5, 0.6) is 0 Å². The maximum absolute atomic E-state index is 4.57. The van der Waals surface area contributed by atoms with E-state index in [0.717, 1.165) is 30.9 Å². The van der Waals surface area contributed by atoms with E-state index in [2.05, 4.69) is 45.1 Å². The molecule has 23 heavy (non-hydrogen) atoms. The molecule has 0 aromatic carbocycles. The van der Waals surface area contributed by atoms with Gasteiger partial charge in [0.05, 0.1) is 11.4 Å². The van der Waals surface area contributed by atoms with E-state index in [9.17, 15) is 0 Å². The number of pyridine rings is 3. The fourth-order valence-electron chi connectivity index (χ4n) is 2.49. The van der Waals surface area contributed by atoms with Gasteiger partial charge in [0.2, 0.25) is 0 Å². The predicted molar refractivity (Wildman–Crippen MR) is 90.7 cm³/mol. The molecule has 0 amide bonds. The SMILES string of the molecule is CN(Cc1ccccn1)Cc1ccc(Cc2cccnc2)cn1. The Morgan fingerprint density at radius 2 is 1.61 bits per heavy atom. The van der Waals surface area contributed by atoms with Gasteiger partial charge in [0.1, 0.15) is 0 Å². The quantitative estimate of drug-likeness (QED) is 0.702. The molecule has 0 aliphatic carbocycles. The van der Waals surface area contributed by atoms with E-state index < -0.39 is 0 Å². The van der Waals surface area contributed by atoms with Crippen molar-refractivity contribution in [1.29, 1.82) is 0 Å². The van der Waals surface area contributed by atoms with Crippen LogP contribution in [-0.2, 0) is 19.5 Å². The molecular weight excluding hydrogens is 284 g/mol. The first-order chi connectivity index (χ1) is 11.3. The zero-order chi connectivity index (χ0) is 15.9. The second kappa shape index (κ2) is 7.61. The average molecular weight is 304 g/mol. The molecule has 0 aliphatic heterocycles. The standard InChI is InChI=1S/C19H20N4/c1-23(14-18-6-2-3-10-21-18)15-19-8-7-17(13-22-19)11-16-5-4-9-20-12-16/h2-10,12-13H,11,14-15H2,1H3. The Balaban J connectivity index is 1.57. The Bertz CT molecular complexity index is 711. The lowest BCUT2D eigenvalue weighted by Crippen LogP contribution is -2.18. The van der Waals surface area contributed by atoms with Crippen molar-refractivity contribution < 1.29 is 0 Å². The van der Waals surface area contributed by atoms with Crippen molar-refractivity contribution in [2.24, 2.45) is 0 Å². The number of hydrogen-bond acceptors (Lipinski definition) is 4. The summed E-state index contributed by atoms with van der Waals surface area (Å²) in [6, 6.07) is 14.3. The van der Waals surface area contributed by atoms with Gasteiger partial charge in [-0.15, -0.1) is 0 Å². The first-order valence-corrected chi connectivity index (χ1v) is 7.71. The van der Waals surface area contributed by atoms with Gasteiger partial charge in [0, 0.05) is 44.3 Å². The van der Waals surface area contributed by atoms with Crippen LogP contribution in [0, 0.1) is 0 Å². The third-order valence-corrected chi connectivity index (χ3v) is 3.61. The molecule has 0 saturated carbocycles. The van der Waals surface area contributed by atoms with Gasteiger partial charge in [0.25, 0.3) is 0 Å². The molecule has 0 saturated heterocycles. The summed E-state index contributed by atoms with van der Waals surface area (Å²) >= 11 is 0. The highest BCUT2D eigenvalue weighted by Gasteiger charge is 2.04. The Kier molecular flexibility index (Phi) is 5.06. The van der Waals surface area contributed by atoms with Crippen molar-refractivity contribution in [2.75, 3.05) is 7.05 Å². The van der Waals surface area contributed by atoms with Gasteiger partial charge in [-0.1, -0.05) is 18.2 Å². The van der Waals surface area contributed by atoms with Crippen LogP contribution in [0.1, 0.15) is 22.5 Å². The normalized spacial score (nSPS) is 10.9. The highest BCUT2D eigenvalue weighted by molar-refractivity contribution is 5.22. The molecular formula is C19H20N4. The summed E-state index contributed by atoms with van der Waals surface area (Å²) in [5.41, 5.74) is 4.55. The topological polar surface area (TPSA) is 41.9 Å². The van der Waals surface area contributed by atoms with Crippen LogP contribution >= 0.6 is 0 Å². The highest BCUT2D eigenvalue weighted by atomic mass is 15.1. The Morgan fingerprint density at radius 3 is 2.26 bits per heavy atom. The summed E-state index contributed by atoms with van der Waals surface area (Å²) in [6.45, 7) is 1.63. The summed E-state index contributed by atoms with van der Waals surface area (Å²) in [4.78, 5) is 15.3. The molecule has 0 unspecified atom stereocenters. The van der Waals surface area contributed by atoms with E-state index in [1.54, 1.807) is 6.20 Å². The number of aromatic nitrogens is 3. The van der Waals surface area contributed by atoms with Crippen LogP contribution < -0.4 is 0 Å². The van der Waals surface area contributed by atoms with Gasteiger partial charge >= 0.3 is 0 Å². The van der Waals surface area contributed by atoms with Gasteiger partial charge in [-0.05, 0) is 42.4 Å². The maximum atomic E-state index is 4.57. The molecule has 3 heterocycles. The van der Waals surface area contributed by atoms with Gasteiger partial charge in [-0.3, -0.25) is 19.9 Å². The van der Waals surface area contributed by atoms with Crippen LogP contribution in [0.4, 0.5) is 0 Å². The van der Waals surface area contributed by atoms with E-state index in [1.807, 2.05) is 42.9 Å². The molecule has 3 aromatic heterocycles. The lowest BCUT2D eigenvalue weighted by atomic mass is 10.1. The molecule has 0 fully saturated rings. The molecule has 0 aliphatic rings. The van der Waals surface area contributed by atoms with Gasteiger partial charge in [-0.2, -0.15) is 0 Å². The molecule has 0 N–H and O–H groups in total. The third kappa shape index (κ3) is 4.69. The molecule has 116 valence electrons. The second-order valence-corrected chi connectivity index (χ2v) is 5.69. The lowest BCUT2D eigenvalue weighted by molar-refractivity contribution is 0.311. The minimum atomic E-state index is 0.809. The summed E-state index contributed by atoms with van der Waals surface area (Å²) in [7, 11) is 2.08. The van der Waals surface area contributed by atoms with Gasteiger partial charge in [-0.25, -0.2) is 0 Å². The minimum Gasteiger partial charge on any atom is -0.295 e. The molecule has 3 rings (SSSR count). The van der Waals surface area contributed by atoms with Crippen molar-refractivity contribution in [1.82, 2.24) is 19.9 Å². The molecule has 3 aromatic rings. The van der Waals surface area contributed by atoms with Crippen LogP contribution in [0.25, 0.3) is 0 Å². The van der Waals surface area contributed by atoms with Crippen molar-refractivity contribution in [3.8, 4) is 0 Å². The molecule has 0 atom stereocenters. The summed E-state index contributed by atoms with van der Waals surface area (Å²) in [5, 5.41) is 0. The van der Waals surface area contributed by atoms with Gasteiger partial charge in [0.15, 0.2) is 0 Å².